The van der Waals surface area contributed by atoms with Crippen molar-refractivity contribution in [3.05, 3.63) is 66.0 Å². The van der Waals surface area contributed by atoms with Crippen molar-refractivity contribution in [3.8, 4) is 0 Å². The number of nitrogens with one attached hydrogen (secondary N) is 2. The van der Waals surface area contributed by atoms with Gasteiger partial charge in [-0.3, -0.25) is 4.72 Å². The molecule has 9 heteroatoms. The molecule has 2 heterocycles. The van der Waals surface area contributed by atoms with Gasteiger partial charge in [0, 0.05) is 37.1 Å². The topological polar surface area (TPSA) is 100 Å². The molecule has 2 N–H and O–H groups in total. The fourth-order valence-electron chi connectivity index (χ4n) is 3.55. The summed E-state index contributed by atoms with van der Waals surface area (Å²) in [5.74, 6) is 0. The van der Waals surface area contributed by atoms with Gasteiger partial charge in [0.25, 0.3) is 10.0 Å². The molecule has 1 aliphatic rings. The third-order valence-corrected chi connectivity index (χ3v) is 6.73. The van der Waals surface area contributed by atoms with Crippen molar-refractivity contribution in [1.29, 1.82) is 0 Å². The van der Waals surface area contributed by atoms with Crippen molar-refractivity contribution in [3.63, 3.8) is 0 Å². The molecule has 1 aliphatic heterocycles. The van der Waals surface area contributed by atoms with Gasteiger partial charge in [-0.15, -0.1) is 0 Å². The maximum absolute atomic E-state index is 12.4. The summed E-state index contributed by atoms with van der Waals surface area (Å²) in [5.41, 5.74) is 3.32. The average Bonchev–Trinajstić information content (AvgIpc) is 3.18. The van der Waals surface area contributed by atoms with E-state index in [1.807, 2.05) is 19.1 Å². The van der Waals surface area contributed by atoms with Gasteiger partial charge in [0.2, 0.25) is 0 Å². The highest BCUT2D eigenvalue weighted by Gasteiger charge is 2.20. The van der Waals surface area contributed by atoms with E-state index in [-0.39, 0.29) is 4.90 Å². The highest BCUT2D eigenvalue weighted by atomic mass is 32.2. The molecule has 1 saturated heterocycles. The van der Waals surface area contributed by atoms with E-state index >= 15 is 0 Å². The lowest BCUT2D eigenvalue weighted by atomic mass is 10.0. The van der Waals surface area contributed by atoms with Crippen LogP contribution in [0.5, 0.6) is 0 Å². The van der Waals surface area contributed by atoms with Gasteiger partial charge in [-0.1, -0.05) is 28.5 Å². The van der Waals surface area contributed by atoms with Crippen LogP contribution in [-0.2, 0) is 16.6 Å². The molecule has 1 aromatic heterocycles. The average molecular weight is 428 g/mol. The summed E-state index contributed by atoms with van der Waals surface area (Å²) in [5, 5.41) is 11.2. The molecule has 0 unspecified atom stereocenters. The highest BCUT2D eigenvalue weighted by Crippen LogP contribution is 2.23. The van der Waals surface area contributed by atoms with Crippen molar-refractivity contribution in [2.45, 2.75) is 37.2 Å². The zero-order valence-electron chi connectivity index (χ0n) is 16.8. The number of benzene rings is 2. The maximum Gasteiger partial charge on any atom is 0.261 e. The van der Waals surface area contributed by atoms with Gasteiger partial charge in [-0.05, 0) is 56.2 Å². The minimum atomic E-state index is -3.57. The van der Waals surface area contributed by atoms with Crippen molar-refractivity contribution >= 4 is 21.4 Å². The van der Waals surface area contributed by atoms with Crippen LogP contribution in [0.1, 0.15) is 24.2 Å². The van der Waals surface area contributed by atoms with Crippen LogP contribution < -0.4 is 14.9 Å². The zero-order valence-corrected chi connectivity index (χ0v) is 17.6. The molecule has 30 heavy (non-hydrogen) atoms. The van der Waals surface area contributed by atoms with E-state index in [4.69, 9.17) is 4.63 Å². The predicted octanol–water partition coefficient (Wildman–Crippen LogP) is 2.94. The quantitative estimate of drug-likeness (QED) is 0.598. The first kappa shape index (κ1) is 20.4. The molecule has 0 amide bonds. The second-order valence-corrected chi connectivity index (χ2v) is 9.09. The highest BCUT2D eigenvalue weighted by molar-refractivity contribution is 7.92. The maximum atomic E-state index is 12.4. The van der Waals surface area contributed by atoms with Crippen molar-refractivity contribution in [2.75, 3.05) is 22.7 Å². The summed E-state index contributed by atoms with van der Waals surface area (Å²) >= 11 is 0. The number of sulfonamides is 1. The van der Waals surface area contributed by atoms with Gasteiger partial charge >= 0.3 is 0 Å². The van der Waals surface area contributed by atoms with E-state index in [9.17, 15) is 8.42 Å². The molecule has 0 radical (unpaired) electrons. The monoisotopic (exact) mass is 427 g/mol. The Balaban J connectivity index is 1.30. The Kier molecular flexibility index (Phi) is 6.01. The van der Waals surface area contributed by atoms with E-state index < -0.39 is 10.0 Å². The van der Waals surface area contributed by atoms with Crippen LogP contribution in [0.4, 0.5) is 11.4 Å². The summed E-state index contributed by atoms with van der Waals surface area (Å²) in [6, 6.07) is 16.3. The molecule has 3 aromatic rings. The smallest absolute Gasteiger partial charge is 0.261 e. The second kappa shape index (κ2) is 8.85. The lowest BCUT2D eigenvalue weighted by Crippen LogP contribution is -2.42. The molecule has 0 atom stereocenters. The Labute approximate surface area is 176 Å². The van der Waals surface area contributed by atoms with Gasteiger partial charge in [-0.2, -0.15) is 0 Å². The summed E-state index contributed by atoms with van der Waals surface area (Å²) in [6.45, 7) is 4.42. The molecule has 8 nitrogen and oxygen atoms in total. The molecular formula is C21H25N5O3S. The third kappa shape index (κ3) is 4.80. The van der Waals surface area contributed by atoms with E-state index in [1.165, 1.54) is 0 Å². The van der Waals surface area contributed by atoms with E-state index in [2.05, 4.69) is 25.3 Å². The molecule has 4 rings (SSSR count). The molecule has 0 bridgehead atoms. The standard InChI is InChI=1S/C21H25N5O3S/c1-16-21(24-29-23-16)15-22-17-11-13-26(14-12-17)19-9-7-18(8-10-19)25-30(27,28)20-5-3-2-4-6-20/h2-10,17,22,25H,11-15H2,1H3. The number of nitrogens with zero attached hydrogens (tertiary/aromatic N) is 3. The largest absolute Gasteiger partial charge is 0.371 e. The van der Waals surface area contributed by atoms with E-state index in [0.717, 1.165) is 43.0 Å². The third-order valence-electron chi connectivity index (χ3n) is 5.34. The molecule has 0 saturated carbocycles. The SMILES string of the molecule is Cc1nonc1CNC1CCN(c2ccc(NS(=O)(=O)c3ccccc3)cc2)CC1. The van der Waals surface area contributed by atoms with Crippen LogP contribution >= 0.6 is 0 Å². The Morgan fingerprint density at radius 1 is 1.03 bits per heavy atom. The zero-order chi connectivity index (χ0) is 21.0. The van der Waals surface area contributed by atoms with E-state index in [0.29, 0.717) is 18.3 Å². The summed E-state index contributed by atoms with van der Waals surface area (Å²) in [7, 11) is -3.57. The Morgan fingerprint density at radius 2 is 1.73 bits per heavy atom. The fraction of sp³-hybridized carbons (Fsp3) is 0.333. The minimum Gasteiger partial charge on any atom is -0.371 e. The summed E-state index contributed by atoms with van der Waals surface area (Å²) in [6.07, 6.45) is 2.04. The first-order valence-corrected chi connectivity index (χ1v) is 11.4. The number of piperidine rings is 1. The van der Waals surface area contributed by atoms with Gasteiger partial charge in [-0.25, -0.2) is 13.0 Å². The summed E-state index contributed by atoms with van der Waals surface area (Å²) < 4.78 is 32.3. The van der Waals surface area contributed by atoms with Crippen molar-refractivity contribution < 1.29 is 13.0 Å². The summed E-state index contributed by atoms with van der Waals surface area (Å²) in [4.78, 5) is 2.57. The van der Waals surface area contributed by atoms with E-state index in [1.54, 1.807) is 42.5 Å². The molecule has 0 spiro atoms. The van der Waals surface area contributed by atoms with Crippen LogP contribution in [-0.4, -0.2) is 37.9 Å². The number of rotatable bonds is 7. The molecule has 1 fully saturated rings. The van der Waals surface area contributed by atoms with Crippen LogP contribution in [0.2, 0.25) is 0 Å². The van der Waals surface area contributed by atoms with Gasteiger partial charge < -0.3 is 10.2 Å². The Bertz CT molecular complexity index is 1060. The number of anilines is 2. The molecule has 2 aromatic carbocycles. The molecule has 0 aliphatic carbocycles. The lowest BCUT2D eigenvalue weighted by molar-refractivity contribution is 0.299. The van der Waals surface area contributed by atoms with Crippen LogP contribution in [0.3, 0.4) is 0 Å². The van der Waals surface area contributed by atoms with Gasteiger partial charge in [0.15, 0.2) is 0 Å². The van der Waals surface area contributed by atoms with Gasteiger partial charge in [0.1, 0.15) is 11.4 Å². The van der Waals surface area contributed by atoms with Crippen molar-refractivity contribution in [1.82, 2.24) is 15.6 Å². The number of aryl methyl sites for hydroxylation is 1. The first-order valence-electron chi connectivity index (χ1n) is 9.95. The Morgan fingerprint density at radius 3 is 2.37 bits per heavy atom. The van der Waals surface area contributed by atoms with Crippen LogP contribution in [0.25, 0.3) is 0 Å². The second-order valence-electron chi connectivity index (χ2n) is 7.40. The normalized spacial score (nSPS) is 15.3. The number of hydrogen-bond donors (Lipinski definition) is 2. The lowest BCUT2D eigenvalue weighted by Gasteiger charge is -2.34. The predicted molar refractivity (Wildman–Crippen MR) is 115 cm³/mol. The molecular weight excluding hydrogens is 402 g/mol. The fourth-order valence-corrected chi connectivity index (χ4v) is 4.63. The molecule has 158 valence electrons. The van der Waals surface area contributed by atoms with Crippen LogP contribution in [0, 0.1) is 6.92 Å². The Hall–Kier alpha value is -2.91. The van der Waals surface area contributed by atoms with Gasteiger partial charge in [0.05, 0.1) is 4.90 Å². The van der Waals surface area contributed by atoms with Crippen molar-refractivity contribution in [2.24, 2.45) is 0 Å². The first-order chi connectivity index (χ1) is 14.5. The number of hydrogen-bond acceptors (Lipinski definition) is 7. The minimum absolute atomic E-state index is 0.250. The van der Waals surface area contributed by atoms with Crippen LogP contribution in [0.15, 0.2) is 64.1 Å². The number of aromatic nitrogens is 2.